The zero-order valence-electron chi connectivity index (χ0n) is 15.5. The van der Waals surface area contributed by atoms with Gasteiger partial charge in [-0.2, -0.15) is 0 Å². The molecule has 2 heterocycles. The highest BCUT2D eigenvalue weighted by molar-refractivity contribution is 9.10. The molecule has 1 aliphatic heterocycles. The zero-order chi connectivity index (χ0) is 20.5. The van der Waals surface area contributed by atoms with E-state index in [1.54, 1.807) is 47.2 Å². The number of carbonyl (C=O) groups is 2. The van der Waals surface area contributed by atoms with E-state index in [2.05, 4.69) is 15.9 Å². The van der Waals surface area contributed by atoms with E-state index in [1.165, 1.54) is 18.1 Å². The predicted molar refractivity (Wildman–Crippen MR) is 111 cm³/mol. The summed E-state index contributed by atoms with van der Waals surface area (Å²) in [5.41, 5.74) is 1.12. The zero-order valence-corrected chi connectivity index (χ0v) is 17.1. The summed E-state index contributed by atoms with van der Waals surface area (Å²) in [6, 6.07) is 13.8. The lowest BCUT2D eigenvalue weighted by molar-refractivity contribution is -0.148. The molecule has 7 nitrogen and oxygen atoms in total. The number of ether oxygens (including phenoxy) is 2. The van der Waals surface area contributed by atoms with Crippen molar-refractivity contribution in [2.75, 3.05) is 18.6 Å². The normalized spacial score (nSPS) is 15.5. The van der Waals surface area contributed by atoms with E-state index in [0.29, 0.717) is 22.3 Å². The van der Waals surface area contributed by atoms with E-state index in [1.807, 2.05) is 6.07 Å². The molecule has 0 saturated carbocycles. The number of rotatable bonds is 3. The Kier molecular flexibility index (Phi) is 5.10. The number of esters is 1. The van der Waals surface area contributed by atoms with Crippen molar-refractivity contribution < 1.29 is 19.1 Å². The van der Waals surface area contributed by atoms with Crippen LogP contribution < -0.4 is 15.1 Å². The third kappa shape index (κ3) is 3.63. The van der Waals surface area contributed by atoms with Crippen LogP contribution in [-0.2, 0) is 20.9 Å². The van der Waals surface area contributed by atoms with Gasteiger partial charge in [0.05, 0.1) is 24.9 Å². The minimum Gasteiger partial charge on any atom is -0.475 e. The highest BCUT2D eigenvalue weighted by atomic mass is 79.9. The summed E-state index contributed by atoms with van der Waals surface area (Å²) in [6.45, 7) is 0.0485. The van der Waals surface area contributed by atoms with Crippen LogP contribution in [-0.4, -0.2) is 36.2 Å². The van der Waals surface area contributed by atoms with Gasteiger partial charge in [-0.15, -0.1) is 0 Å². The van der Waals surface area contributed by atoms with E-state index in [0.717, 1.165) is 4.47 Å². The van der Waals surface area contributed by atoms with Crippen molar-refractivity contribution in [3.8, 4) is 5.75 Å². The number of fused-ring (bicyclic) bond motifs is 2. The molecule has 0 bridgehead atoms. The molecule has 0 fully saturated rings. The third-order valence-corrected chi connectivity index (χ3v) is 5.28. The van der Waals surface area contributed by atoms with Gasteiger partial charge in [0.1, 0.15) is 12.3 Å². The first-order chi connectivity index (χ1) is 14.0. The highest BCUT2D eigenvalue weighted by Gasteiger charge is 2.34. The molecule has 4 rings (SSSR count). The number of hydrogen-bond donors (Lipinski definition) is 0. The molecule has 2 aromatic carbocycles. The van der Waals surface area contributed by atoms with E-state index in [-0.39, 0.29) is 24.4 Å². The summed E-state index contributed by atoms with van der Waals surface area (Å²) in [4.78, 5) is 38.9. The minimum atomic E-state index is -0.902. The molecule has 0 spiro atoms. The average Bonchev–Trinajstić information content (AvgIpc) is 2.74. The molecule has 0 N–H and O–H groups in total. The fraction of sp³-hybridized carbons (Fsp3) is 0.190. The molecular formula is C21H17BrN2O5. The summed E-state index contributed by atoms with van der Waals surface area (Å²) in [7, 11) is 1.28. The second-order valence-electron chi connectivity index (χ2n) is 6.57. The van der Waals surface area contributed by atoms with Gasteiger partial charge in [-0.25, -0.2) is 4.79 Å². The Morgan fingerprint density at radius 2 is 2.00 bits per heavy atom. The van der Waals surface area contributed by atoms with Crippen molar-refractivity contribution in [1.82, 2.24) is 4.57 Å². The molecule has 29 heavy (non-hydrogen) atoms. The summed E-state index contributed by atoms with van der Waals surface area (Å²) in [5, 5.41) is 0.518. The van der Waals surface area contributed by atoms with Crippen LogP contribution in [0.4, 0.5) is 5.69 Å². The van der Waals surface area contributed by atoms with Crippen LogP contribution in [0.25, 0.3) is 10.9 Å². The molecule has 148 valence electrons. The maximum Gasteiger partial charge on any atom is 0.348 e. The first kappa shape index (κ1) is 19.2. The van der Waals surface area contributed by atoms with Crippen molar-refractivity contribution in [2.45, 2.75) is 12.6 Å². The van der Waals surface area contributed by atoms with Gasteiger partial charge >= 0.3 is 5.97 Å². The van der Waals surface area contributed by atoms with Gasteiger partial charge in [0.2, 0.25) is 12.0 Å². The van der Waals surface area contributed by atoms with Crippen molar-refractivity contribution >= 4 is 44.4 Å². The van der Waals surface area contributed by atoms with Gasteiger partial charge in [0, 0.05) is 22.1 Å². The molecule has 8 heteroatoms. The topological polar surface area (TPSA) is 77.8 Å². The van der Waals surface area contributed by atoms with Gasteiger partial charge in [-0.3, -0.25) is 9.59 Å². The third-order valence-electron chi connectivity index (χ3n) is 4.78. The number of para-hydroxylation sites is 2. The van der Waals surface area contributed by atoms with Crippen LogP contribution in [0.2, 0.25) is 0 Å². The molecule has 0 aliphatic carbocycles. The predicted octanol–water partition coefficient (Wildman–Crippen LogP) is 2.73. The largest absolute Gasteiger partial charge is 0.475 e. The Hall–Kier alpha value is -3.13. The van der Waals surface area contributed by atoms with E-state index in [9.17, 15) is 14.4 Å². The molecule has 0 radical (unpaired) electrons. The van der Waals surface area contributed by atoms with Gasteiger partial charge in [-0.05, 0) is 30.3 Å². The monoisotopic (exact) mass is 456 g/mol. The van der Waals surface area contributed by atoms with Crippen molar-refractivity contribution in [3.05, 3.63) is 69.4 Å². The molecule has 0 unspecified atom stereocenters. The second kappa shape index (κ2) is 7.71. The fourth-order valence-electron chi connectivity index (χ4n) is 3.38. The van der Waals surface area contributed by atoms with Crippen LogP contribution in [0.5, 0.6) is 5.75 Å². The quantitative estimate of drug-likeness (QED) is 0.566. The number of methoxy groups -OCH3 is 1. The fourth-order valence-corrected chi connectivity index (χ4v) is 3.74. The number of pyridine rings is 1. The van der Waals surface area contributed by atoms with Crippen molar-refractivity contribution in [2.24, 2.45) is 0 Å². The lowest BCUT2D eigenvalue weighted by Gasteiger charge is -2.33. The lowest BCUT2D eigenvalue weighted by Crippen LogP contribution is -2.48. The number of nitrogens with zero attached hydrogens (tertiary/aromatic N) is 2. The van der Waals surface area contributed by atoms with Crippen LogP contribution in [0.3, 0.4) is 0 Å². The maximum atomic E-state index is 13.2. The Morgan fingerprint density at radius 3 is 2.79 bits per heavy atom. The number of benzene rings is 2. The van der Waals surface area contributed by atoms with Gasteiger partial charge < -0.3 is 18.9 Å². The van der Waals surface area contributed by atoms with Crippen LogP contribution >= 0.6 is 15.9 Å². The number of carbonyl (C=O) groups excluding carboxylic acids is 2. The maximum absolute atomic E-state index is 13.2. The van der Waals surface area contributed by atoms with Gasteiger partial charge in [-0.1, -0.05) is 28.1 Å². The number of anilines is 1. The second-order valence-corrected chi connectivity index (χ2v) is 7.49. The molecule has 1 amide bonds. The lowest BCUT2D eigenvalue weighted by atomic mass is 10.1. The Bertz CT molecular complexity index is 1170. The van der Waals surface area contributed by atoms with E-state index in [4.69, 9.17) is 9.47 Å². The summed E-state index contributed by atoms with van der Waals surface area (Å²) in [5.74, 6) is -0.338. The highest BCUT2D eigenvalue weighted by Crippen LogP contribution is 2.33. The number of amides is 1. The van der Waals surface area contributed by atoms with Crippen LogP contribution in [0, 0.1) is 0 Å². The van der Waals surface area contributed by atoms with Crippen LogP contribution in [0.1, 0.15) is 0 Å². The van der Waals surface area contributed by atoms with Gasteiger partial charge in [0.25, 0.3) is 0 Å². The molecule has 3 aromatic rings. The number of halogens is 1. The molecule has 1 atom stereocenters. The van der Waals surface area contributed by atoms with Crippen molar-refractivity contribution in [3.63, 3.8) is 0 Å². The summed E-state index contributed by atoms with van der Waals surface area (Å²) >= 11 is 3.37. The molecule has 0 saturated heterocycles. The SMILES string of the molecule is COC(=O)[C@H]1CN(C(=O)Cn2ccc(=O)c3cc(Br)ccc32)c2ccccc2O1. The van der Waals surface area contributed by atoms with Crippen LogP contribution in [0.15, 0.2) is 64.0 Å². The smallest absolute Gasteiger partial charge is 0.348 e. The van der Waals surface area contributed by atoms with E-state index < -0.39 is 12.1 Å². The first-order valence-electron chi connectivity index (χ1n) is 8.90. The number of hydrogen-bond acceptors (Lipinski definition) is 5. The number of aromatic nitrogens is 1. The standard InChI is InChI=1S/C21H17BrN2O5/c1-28-21(27)19-11-24(16-4-2-3-5-18(16)29-19)20(26)12-23-9-8-17(25)14-10-13(22)6-7-15(14)23/h2-10,19H,11-12H2,1H3/t19-/m1/s1. The Morgan fingerprint density at radius 1 is 1.21 bits per heavy atom. The molecule has 1 aliphatic rings. The van der Waals surface area contributed by atoms with Gasteiger partial charge in [0.15, 0.2) is 5.43 Å². The first-order valence-corrected chi connectivity index (χ1v) is 9.70. The summed E-state index contributed by atoms with van der Waals surface area (Å²) in [6.07, 6.45) is 0.696. The van der Waals surface area contributed by atoms with Crippen molar-refractivity contribution in [1.29, 1.82) is 0 Å². The minimum absolute atomic E-state index is 0.000634. The Labute approximate surface area is 174 Å². The average molecular weight is 457 g/mol. The molecule has 1 aromatic heterocycles. The van der Waals surface area contributed by atoms with E-state index >= 15 is 0 Å². The summed E-state index contributed by atoms with van der Waals surface area (Å²) < 4.78 is 13.0. The Balaban J connectivity index is 1.70. The molecular weight excluding hydrogens is 440 g/mol.